The van der Waals surface area contributed by atoms with E-state index in [0.29, 0.717) is 43.0 Å². The third-order valence-electron chi connectivity index (χ3n) is 5.58. The molecule has 1 aromatic heterocycles. The van der Waals surface area contributed by atoms with E-state index in [1.54, 1.807) is 11.0 Å². The summed E-state index contributed by atoms with van der Waals surface area (Å²) in [4.78, 5) is 27.8. The van der Waals surface area contributed by atoms with E-state index >= 15 is 0 Å². The molecule has 4 aromatic rings. The molecule has 31 heavy (non-hydrogen) atoms. The van der Waals surface area contributed by atoms with Crippen molar-refractivity contribution < 1.29 is 18.7 Å². The fourth-order valence-corrected chi connectivity index (χ4v) is 4.03. The number of fused-ring (bicyclic) bond motifs is 2. The highest BCUT2D eigenvalue weighted by molar-refractivity contribution is 6.11. The van der Waals surface area contributed by atoms with Crippen molar-refractivity contribution in [3.05, 3.63) is 78.1 Å². The van der Waals surface area contributed by atoms with E-state index in [-0.39, 0.29) is 24.0 Å². The molecule has 6 heteroatoms. The van der Waals surface area contributed by atoms with Gasteiger partial charge in [-0.3, -0.25) is 9.59 Å². The number of morpholine rings is 1. The van der Waals surface area contributed by atoms with Gasteiger partial charge in [0.15, 0.2) is 0 Å². The van der Waals surface area contributed by atoms with E-state index in [1.807, 2.05) is 60.7 Å². The number of nitrogens with one attached hydrogen (secondary N) is 1. The maximum Gasteiger partial charge on any atom is 0.291 e. The lowest BCUT2D eigenvalue weighted by Crippen LogP contribution is -2.40. The minimum Gasteiger partial charge on any atom is -0.449 e. The summed E-state index contributed by atoms with van der Waals surface area (Å²) in [6, 6.07) is 21.3. The Kier molecular flexibility index (Phi) is 5.14. The molecular weight excluding hydrogens is 392 g/mol. The molecule has 5 rings (SSSR count). The van der Waals surface area contributed by atoms with Crippen molar-refractivity contribution in [1.29, 1.82) is 0 Å². The van der Waals surface area contributed by atoms with E-state index in [4.69, 9.17) is 9.15 Å². The molecular formula is C25H22N2O4. The lowest BCUT2D eigenvalue weighted by Gasteiger charge is -2.26. The summed E-state index contributed by atoms with van der Waals surface area (Å²) in [6.45, 7) is 1.99. The van der Waals surface area contributed by atoms with Crippen molar-refractivity contribution in [3.8, 4) is 0 Å². The second kappa shape index (κ2) is 8.24. The normalized spacial score (nSPS) is 14.1. The largest absolute Gasteiger partial charge is 0.449 e. The van der Waals surface area contributed by atoms with Crippen molar-refractivity contribution in [1.82, 2.24) is 4.90 Å². The monoisotopic (exact) mass is 414 g/mol. The number of benzene rings is 3. The van der Waals surface area contributed by atoms with E-state index in [9.17, 15) is 9.59 Å². The summed E-state index contributed by atoms with van der Waals surface area (Å²) in [6.07, 6.45) is 0.200. The van der Waals surface area contributed by atoms with Crippen LogP contribution in [-0.2, 0) is 16.0 Å². The predicted octanol–water partition coefficient (Wildman–Crippen LogP) is 4.24. The number of carbonyl (C=O) groups excluding carboxylic acids is 2. The average Bonchev–Trinajstić information content (AvgIpc) is 3.17. The number of furan rings is 1. The fraction of sp³-hybridized carbons (Fsp3) is 0.200. The summed E-state index contributed by atoms with van der Waals surface area (Å²) < 4.78 is 11.2. The number of para-hydroxylation sites is 1. The van der Waals surface area contributed by atoms with Crippen LogP contribution in [0.15, 0.2) is 71.1 Å². The Morgan fingerprint density at radius 3 is 2.42 bits per heavy atom. The molecule has 0 spiro atoms. The zero-order valence-electron chi connectivity index (χ0n) is 17.0. The fourth-order valence-electron chi connectivity index (χ4n) is 4.03. The molecule has 156 valence electrons. The first-order valence-electron chi connectivity index (χ1n) is 10.4. The van der Waals surface area contributed by atoms with Crippen LogP contribution in [0.5, 0.6) is 0 Å². The topological polar surface area (TPSA) is 71.8 Å². The predicted molar refractivity (Wildman–Crippen MR) is 119 cm³/mol. The average molecular weight is 414 g/mol. The van der Waals surface area contributed by atoms with Crippen LogP contribution in [0, 0.1) is 0 Å². The van der Waals surface area contributed by atoms with E-state index in [0.717, 1.165) is 16.3 Å². The minimum absolute atomic E-state index is 0.161. The van der Waals surface area contributed by atoms with E-state index in [2.05, 4.69) is 5.32 Å². The van der Waals surface area contributed by atoms with Crippen LogP contribution in [-0.4, -0.2) is 43.0 Å². The maximum atomic E-state index is 13.1. The van der Waals surface area contributed by atoms with Crippen LogP contribution >= 0.6 is 0 Å². The number of hydrogen-bond acceptors (Lipinski definition) is 4. The summed E-state index contributed by atoms with van der Waals surface area (Å²) in [5.74, 6) is -0.270. The number of ether oxygens (including phenoxy) is 1. The van der Waals surface area contributed by atoms with E-state index < -0.39 is 0 Å². The maximum absolute atomic E-state index is 13.1. The Bertz CT molecular complexity index is 1270. The molecule has 1 N–H and O–H groups in total. The lowest BCUT2D eigenvalue weighted by molar-refractivity contribution is -0.115. The zero-order valence-corrected chi connectivity index (χ0v) is 17.0. The van der Waals surface area contributed by atoms with Crippen molar-refractivity contribution in [2.75, 3.05) is 31.6 Å². The van der Waals surface area contributed by atoms with Gasteiger partial charge in [-0.15, -0.1) is 0 Å². The second-order valence-electron chi connectivity index (χ2n) is 7.57. The third kappa shape index (κ3) is 3.78. The highest BCUT2D eigenvalue weighted by Crippen LogP contribution is 2.32. The van der Waals surface area contributed by atoms with Crippen LogP contribution in [0.25, 0.3) is 21.7 Å². The van der Waals surface area contributed by atoms with Gasteiger partial charge in [0.05, 0.1) is 19.6 Å². The molecule has 2 amide bonds. The molecule has 1 aliphatic heterocycles. The lowest BCUT2D eigenvalue weighted by atomic mass is 10.0. The molecule has 0 atom stereocenters. The number of anilines is 1. The molecule has 0 radical (unpaired) electrons. The molecule has 0 aliphatic carbocycles. The molecule has 6 nitrogen and oxygen atoms in total. The molecule has 1 saturated heterocycles. The number of nitrogens with zero attached hydrogens (tertiary/aromatic N) is 1. The molecule has 3 aromatic carbocycles. The van der Waals surface area contributed by atoms with Crippen LogP contribution in [0.2, 0.25) is 0 Å². The first-order valence-corrected chi connectivity index (χ1v) is 10.4. The van der Waals surface area contributed by atoms with Gasteiger partial charge in [0.2, 0.25) is 11.7 Å². The van der Waals surface area contributed by atoms with Gasteiger partial charge < -0.3 is 19.4 Å². The van der Waals surface area contributed by atoms with Gasteiger partial charge in [-0.25, -0.2) is 0 Å². The van der Waals surface area contributed by atoms with Crippen molar-refractivity contribution in [2.45, 2.75) is 6.42 Å². The number of rotatable bonds is 4. The molecule has 2 heterocycles. The summed E-state index contributed by atoms with van der Waals surface area (Å²) >= 11 is 0. The quantitative estimate of drug-likeness (QED) is 0.542. The van der Waals surface area contributed by atoms with Crippen molar-refractivity contribution >= 4 is 39.2 Å². The van der Waals surface area contributed by atoms with Gasteiger partial charge >= 0.3 is 0 Å². The van der Waals surface area contributed by atoms with Gasteiger partial charge in [0.1, 0.15) is 11.3 Å². The van der Waals surface area contributed by atoms with Crippen LogP contribution in [0.3, 0.4) is 0 Å². The Morgan fingerprint density at radius 1 is 0.871 bits per heavy atom. The highest BCUT2D eigenvalue weighted by atomic mass is 16.5. The second-order valence-corrected chi connectivity index (χ2v) is 7.57. The number of carbonyl (C=O) groups is 2. The van der Waals surface area contributed by atoms with Gasteiger partial charge in [0.25, 0.3) is 5.91 Å². The van der Waals surface area contributed by atoms with Gasteiger partial charge in [-0.2, -0.15) is 0 Å². The number of hydrogen-bond donors (Lipinski definition) is 1. The highest BCUT2D eigenvalue weighted by Gasteiger charge is 2.27. The van der Waals surface area contributed by atoms with E-state index in [1.165, 1.54) is 0 Å². The van der Waals surface area contributed by atoms with Crippen molar-refractivity contribution in [2.24, 2.45) is 0 Å². The van der Waals surface area contributed by atoms with Gasteiger partial charge in [-0.05, 0) is 28.5 Å². The Hall–Kier alpha value is -3.64. The third-order valence-corrected chi connectivity index (χ3v) is 5.58. The molecule has 0 unspecified atom stereocenters. The Morgan fingerprint density at radius 2 is 1.58 bits per heavy atom. The van der Waals surface area contributed by atoms with Crippen molar-refractivity contribution in [3.63, 3.8) is 0 Å². The summed E-state index contributed by atoms with van der Waals surface area (Å²) in [5.41, 5.74) is 1.93. The summed E-state index contributed by atoms with van der Waals surface area (Å²) in [7, 11) is 0. The first kappa shape index (κ1) is 19.3. The summed E-state index contributed by atoms with van der Waals surface area (Å²) in [5, 5.41) is 5.80. The van der Waals surface area contributed by atoms with Gasteiger partial charge in [0, 0.05) is 18.5 Å². The van der Waals surface area contributed by atoms with Crippen LogP contribution in [0.1, 0.15) is 16.1 Å². The Labute approximate surface area is 179 Å². The molecule has 0 saturated carbocycles. The minimum atomic E-state index is -0.236. The molecule has 1 aliphatic rings. The van der Waals surface area contributed by atoms with Crippen LogP contribution in [0.4, 0.5) is 5.69 Å². The molecule has 0 bridgehead atoms. The Balaban J connectivity index is 1.46. The van der Waals surface area contributed by atoms with Crippen LogP contribution < -0.4 is 5.32 Å². The first-order chi connectivity index (χ1) is 15.2. The standard InChI is InChI=1S/C25H22N2O4/c28-22(16-18-8-5-7-17-6-1-2-9-19(17)18)26-23-20-10-3-4-11-21(20)31-24(23)25(29)27-12-14-30-15-13-27/h1-11H,12-16H2,(H,26,28). The SMILES string of the molecule is O=C(Cc1cccc2ccccc12)Nc1c(C(=O)N2CCOCC2)oc2ccccc12. The molecule has 1 fully saturated rings. The van der Waals surface area contributed by atoms with Gasteiger partial charge in [-0.1, -0.05) is 54.6 Å². The number of amides is 2. The smallest absolute Gasteiger partial charge is 0.291 e. The zero-order chi connectivity index (χ0) is 21.2.